The summed E-state index contributed by atoms with van der Waals surface area (Å²) in [6, 6.07) is 10.4. The molecule has 0 aliphatic heterocycles. The monoisotopic (exact) mass is 245 g/mol. The Labute approximate surface area is 107 Å². The minimum absolute atomic E-state index is 0.123. The van der Waals surface area contributed by atoms with Crippen molar-refractivity contribution in [2.24, 2.45) is 11.8 Å². The molecule has 0 saturated heterocycles. The highest BCUT2D eigenvalue weighted by atomic mass is 16.4. The molecule has 0 spiro atoms. The molecule has 18 heavy (non-hydrogen) atoms. The molecule has 1 aromatic rings. The third-order valence-corrected chi connectivity index (χ3v) is 4.49. The van der Waals surface area contributed by atoms with Crippen LogP contribution in [0.4, 0.5) is 5.69 Å². The third kappa shape index (κ3) is 2.09. The zero-order valence-electron chi connectivity index (χ0n) is 10.5. The predicted molar refractivity (Wildman–Crippen MR) is 70.7 cm³/mol. The van der Waals surface area contributed by atoms with Crippen LogP contribution in [0.25, 0.3) is 0 Å². The number of nitrogens with zero attached hydrogens (tertiary/aromatic N) is 1. The molecular formula is C15H19NO2. The number of benzene rings is 1. The molecule has 2 aliphatic rings. The van der Waals surface area contributed by atoms with Crippen molar-refractivity contribution in [3.05, 3.63) is 30.3 Å². The van der Waals surface area contributed by atoms with Crippen molar-refractivity contribution in [3.8, 4) is 0 Å². The van der Waals surface area contributed by atoms with E-state index in [0.717, 1.165) is 11.6 Å². The van der Waals surface area contributed by atoms with Gasteiger partial charge in [0.25, 0.3) is 0 Å². The Hall–Kier alpha value is -1.51. The Morgan fingerprint density at radius 3 is 2.56 bits per heavy atom. The van der Waals surface area contributed by atoms with E-state index in [-0.39, 0.29) is 6.54 Å². The summed E-state index contributed by atoms with van der Waals surface area (Å²) in [5.41, 5.74) is 1.05. The molecule has 3 rings (SSSR count). The topological polar surface area (TPSA) is 40.5 Å². The largest absolute Gasteiger partial charge is 0.480 e. The summed E-state index contributed by atoms with van der Waals surface area (Å²) in [5.74, 6) is 0.802. The van der Waals surface area contributed by atoms with Crippen molar-refractivity contribution in [3.63, 3.8) is 0 Å². The van der Waals surface area contributed by atoms with Crippen molar-refractivity contribution in [2.45, 2.75) is 31.7 Å². The summed E-state index contributed by atoms with van der Waals surface area (Å²) in [6.07, 6.45) is 5.09. The number of carboxylic acid groups (broad SMARTS) is 1. The van der Waals surface area contributed by atoms with E-state index in [1.165, 1.54) is 25.7 Å². The van der Waals surface area contributed by atoms with Gasteiger partial charge in [0.05, 0.1) is 0 Å². The molecule has 0 heterocycles. The molecule has 3 heteroatoms. The van der Waals surface area contributed by atoms with Gasteiger partial charge in [-0.1, -0.05) is 24.6 Å². The second-order valence-electron chi connectivity index (χ2n) is 5.60. The first-order valence-corrected chi connectivity index (χ1v) is 6.77. The number of carbonyl (C=O) groups is 1. The zero-order chi connectivity index (χ0) is 12.5. The second kappa shape index (κ2) is 4.63. The quantitative estimate of drug-likeness (QED) is 0.886. The minimum atomic E-state index is -0.735. The fourth-order valence-corrected chi connectivity index (χ4v) is 3.76. The lowest BCUT2D eigenvalue weighted by atomic mass is 9.93. The van der Waals surface area contributed by atoms with Gasteiger partial charge in [0.2, 0.25) is 0 Å². The Morgan fingerprint density at radius 2 is 2.00 bits per heavy atom. The first kappa shape index (κ1) is 11.6. The van der Waals surface area contributed by atoms with Crippen LogP contribution in [0.2, 0.25) is 0 Å². The van der Waals surface area contributed by atoms with Gasteiger partial charge in [-0.3, -0.25) is 4.79 Å². The van der Waals surface area contributed by atoms with Gasteiger partial charge < -0.3 is 10.0 Å². The molecule has 0 amide bonds. The lowest BCUT2D eigenvalue weighted by molar-refractivity contribution is -0.135. The fraction of sp³-hybridized carbons (Fsp3) is 0.533. The first-order chi connectivity index (χ1) is 8.74. The van der Waals surface area contributed by atoms with E-state index in [9.17, 15) is 4.79 Å². The number of para-hydroxylation sites is 1. The first-order valence-electron chi connectivity index (χ1n) is 6.77. The average molecular weight is 245 g/mol. The maximum atomic E-state index is 11.1. The Balaban J connectivity index is 1.84. The SMILES string of the molecule is O=C(O)CN(c1ccccc1)C1CC2CCC1C2. The van der Waals surface area contributed by atoms with Crippen LogP contribution in [0.15, 0.2) is 30.3 Å². The standard InChI is InChI=1S/C15H19NO2/c17-15(18)10-16(13-4-2-1-3-5-13)14-9-11-6-7-12(14)8-11/h1-5,11-12,14H,6-10H2,(H,17,18). The summed E-state index contributed by atoms with van der Waals surface area (Å²) >= 11 is 0. The Bertz CT molecular complexity index is 431. The highest BCUT2D eigenvalue weighted by Gasteiger charge is 2.42. The molecule has 96 valence electrons. The molecule has 2 saturated carbocycles. The summed E-state index contributed by atoms with van der Waals surface area (Å²) in [7, 11) is 0. The molecule has 3 nitrogen and oxygen atoms in total. The van der Waals surface area contributed by atoms with E-state index in [0.29, 0.717) is 12.0 Å². The van der Waals surface area contributed by atoms with E-state index in [2.05, 4.69) is 4.90 Å². The van der Waals surface area contributed by atoms with Crippen molar-refractivity contribution >= 4 is 11.7 Å². The van der Waals surface area contributed by atoms with Crippen LogP contribution in [0.3, 0.4) is 0 Å². The lowest BCUT2D eigenvalue weighted by Crippen LogP contribution is -2.42. The molecule has 3 atom stereocenters. The maximum Gasteiger partial charge on any atom is 0.323 e. The van der Waals surface area contributed by atoms with Gasteiger partial charge in [0.15, 0.2) is 0 Å². The minimum Gasteiger partial charge on any atom is -0.480 e. The van der Waals surface area contributed by atoms with Crippen LogP contribution >= 0.6 is 0 Å². The number of aliphatic carboxylic acids is 1. The Morgan fingerprint density at radius 1 is 1.22 bits per heavy atom. The summed E-state index contributed by atoms with van der Waals surface area (Å²) in [4.78, 5) is 13.2. The van der Waals surface area contributed by atoms with E-state index in [4.69, 9.17) is 5.11 Å². The lowest BCUT2D eigenvalue weighted by Gasteiger charge is -2.35. The van der Waals surface area contributed by atoms with Gasteiger partial charge in [-0.15, -0.1) is 0 Å². The van der Waals surface area contributed by atoms with Crippen molar-refractivity contribution in [1.82, 2.24) is 0 Å². The molecule has 1 aromatic carbocycles. The maximum absolute atomic E-state index is 11.1. The van der Waals surface area contributed by atoms with Gasteiger partial charge in [0.1, 0.15) is 6.54 Å². The number of hydrogen-bond donors (Lipinski definition) is 1. The molecule has 0 aromatic heterocycles. The molecule has 1 N–H and O–H groups in total. The van der Waals surface area contributed by atoms with Crippen LogP contribution in [0.5, 0.6) is 0 Å². The smallest absolute Gasteiger partial charge is 0.323 e. The highest BCUT2D eigenvalue weighted by Crippen LogP contribution is 2.47. The van der Waals surface area contributed by atoms with E-state index >= 15 is 0 Å². The van der Waals surface area contributed by atoms with Crippen molar-refractivity contribution in [1.29, 1.82) is 0 Å². The van der Waals surface area contributed by atoms with Crippen LogP contribution in [0.1, 0.15) is 25.7 Å². The summed E-state index contributed by atoms with van der Waals surface area (Å²) in [5, 5.41) is 9.13. The van der Waals surface area contributed by atoms with Crippen LogP contribution in [0, 0.1) is 11.8 Å². The molecule has 2 bridgehead atoms. The average Bonchev–Trinajstić information content (AvgIpc) is 2.99. The molecule has 0 radical (unpaired) electrons. The molecule has 2 aliphatic carbocycles. The molecule has 2 fully saturated rings. The summed E-state index contributed by atoms with van der Waals surface area (Å²) < 4.78 is 0. The second-order valence-corrected chi connectivity index (χ2v) is 5.60. The highest BCUT2D eigenvalue weighted by molar-refractivity contribution is 5.74. The summed E-state index contributed by atoms with van der Waals surface area (Å²) in [6.45, 7) is 0.123. The van der Waals surface area contributed by atoms with Crippen molar-refractivity contribution < 1.29 is 9.90 Å². The van der Waals surface area contributed by atoms with E-state index in [1.54, 1.807) is 0 Å². The zero-order valence-corrected chi connectivity index (χ0v) is 10.5. The fourth-order valence-electron chi connectivity index (χ4n) is 3.76. The van der Waals surface area contributed by atoms with E-state index < -0.39 is 5.97 Å². The number of carboxylic acids is 1. The van der Waals surface area contributed by atoms with Crippen molar-refractivity contribution in [2.75, 3.05) is 11.4 Å². The van der Waals surface area contributed by atoms with Gasteiger partial charge in [-0.05, 0) is 43.2 Å². The van der Waals surface area contributed by atoms with Crippen LogP contribution in [-0.4, -0.2) is 23.7 Å². The molecular weight excluding hydrogens is 226 g/mol. The number of hydrogen-bond acceptors (Lipinski definition) is 2. The third-order valence-electron chi connectivity index (χ3n) is 4.49. The molecule has 3 unspecified atom stereocenters. The van der Waals surface area contributed by atoms with Gasteiger partial charge in [-0.25, -0.2) is 0 Å². The van der Waals surface area contributed by atoms with Crippen LogP contribution < -0.4 is 4.90 Å². The Kier molecular flexibility index (Phi) is 2.98. The van der Waals surface area contributed by atoms with Crippen LogP contribution in [-0.2, 0) is 4.79 Å². The van der Waals surface area contributed by atoms with Gasteiger partial charge >= 0.3 is 5.97 Å². The number of anilines is 1. The number of fused-ring (bicyclic) bond motifs is 2. The number of rotatable bonds is 4. The van der Waals surface area contributed by atoms with Gasteiger partial charge in [-0.2, -0.15) is 0 Å². The van der Waals surface area contributed by atoms with Gasteiger partial charge in [0, 0.05) is 11.7 Å². The predicted octanol–water partition coefficient (Wildman–Crippen LogP) is 2.77. The van der Waals surface area contributed by atoms with E-state index in [1.807, 2.05) is 30.3 Å². The normalized spacial score (nSPS) is 29.4.